The van der Waals surface area contributed by atoms with Crippen LogP contribution in [0.5, 0.6) is 0 Å². The van der Waals surface area contributed by atoms with Crippen molar-refractivity contribution >= 4 is 28.3 Å². The first kappa shape index (κ1) is 20.0. The van der Waals surface area contributed by atoms with E-state index in [-0.39, 0.29) is 11.8 Å². The number of hydrogen-bond donors (Lipinski definition) is 0. The lowest BCUT2D eigenvalue weighted by Crippen LogP contribution is -2.35. The summed E-state index contributed by atoms with van der Waals surface area (Å²) < 4.78 is 0. The Morgan fingerprint density at radius 2 is 2.07 bits per heavy atom. The van der Waals surface area contributed by atoms with E-state index in [0.717, 1.165) is 24.3 Å². The Bertz CT molecular complexity index is 861. The van der Waals surface area contributed by atoms with Gasteiger partial charge < -0.3 is 4.90 Å². The average molecular weight is 413 g/mol. The molecule has 0 spiro atoms. The van der Waals surface area contributed by atoms with Gasteiger partial charge >= 0.3 is 6.03 Å². The molecule has 7 heteroatoms. The molecule has 154 valence electrons. The van der Waals surface area contributed by atoms with Crippen molar-refractivity contribution < 1.29 is 9.59 Å². The summed E-state index contributed by atoms with van der Waals surface area (Å²) in [6.07, 6.45) is 11.0. The molecule has 2 aliphatic rings. The fourth-order valence-corrected chi connectivity index (χ4v) is 5.34. The molecule has 0 atom stereocenters. The molecular weight excluding hydrogens is 384 g/mol. The number of ketones is 1. The van der Waals surface area contributed by atoms with Gasteiger partial charge in [-0.3, -0.25) is 14.7 Å². The molecule has 2 amide bonds. The number of hydrogen-bond acceptors (Lipinski definition) is 5. The van der Waals surface area contributed by atoms with Gasteiger partial charge in [-0.2, -0.15) is 0 Å². The zero-order valence-electron chi connectivity index (χ0n) is 17.0. The van der Waals surface area contributed by atoms with Crippen molar-refractivity contribution in [2.24, 2.45) is 5.92 Å². The van der Waals surface area contributed by atoms with E-state index in [4.69, 9.17) is 0 Å². The highest BCUT2D eigenvalue weighted by molar-refractivity contribution is 7.17. The van der Waals surface area contributed by atoms with Crippen LogP contribution in [0, 0.1) is 12.8 Å². The van der Waals surface area contributed by atoms with Crippen molar-refractivity contribution in [1.82, 2.24) is 14.9 Å². The molecule has 2 aromatic heterocycles. The number of thiazole rings is 1. The monoisotopic (exact) mass is 412 g/mol. The molecule has 0 unspecified atom stereocenters. The summed E-state index contributed by atoms with van der Waals surface area (Å²) in [5, 5.41) is 0.656. The molecule has 0 N–H and O–H groups in total. The van der Waals surface area contributed by atoms with Gasteiger partial charge in [0.05, 0.1) is 10.6 Å². The maximum Gasteiger partial charge on any atom is 0.326 e. The van der Waals surface area contributed by atoms with Crippen molar-refractivity contribution in [3.8, 4) is 0 Å². The number of amides is 2. The van der Waals surface area contributed by atoms with E-state index in [1.54, 1.807) is 17.3 Å². The molecular formula is C22H28N4O2S. The van der Waals surface area contributed by atoms with Crippen LogP contribution in [0.1, 0.15) is 59.5 Å². The predicted octanol–water partition coefficient (Wildman–Crippen LogP) is 4.48. The Morgan fingerprint density at radius 1 is 1.24 bits per heavy atom. The number of carbonyl (C=O) groups is 2. The Labute approximate surface area is 176 Å². The highest BCUT2D eigenvalue weighted by atomic mass is 32.1. The van der Waals surface area contributed by atoms with Crippen molar-refractivity contribution in [3.05, 3.63) is 40.7 Å². The minimum Gasteiger partial charge on any atom is -0.322 e. The SMILES string of the molecule is Cc1nc(N2CCN(CC3CCCCC3)C2=O)sc1C(=O)CCc1cccnc1. The number of nitrogens with zero attached hydrogens (tertiary/aromatic N) is 4. The van der Waals surface area contributed by atoms with Gasteiger partial charge in [0.15, 0.2) is 10.9 Å². The fourth-order valence-electron chi connectivity index (χ4n) is 4.28. The van der Waals surface area contributed by atoms with Crippen molar-refractivity contribution in [1.29, 1.82) is 0 Å². The molecule has 1 saturated heterocycles. The lowest BCUT2D eigenvalue weighted by Gasteiger charge is -2.26. The minimum atomic E-state index is 0.0404. The molecule has 6 nitrogen and oxygen atoms in total. The average Bonchev–Trinajstić information content (AvgIpc) is 3.30. The van der Waals surface area contributed by atoms with Crippen LogP contribution >= 0.6 is 11.3 Å². The van der Waals surface area contributed by atoms with E-state index in [1.165, 1.54) is 43.4 Å². The Morgan fingerprint density at radius 3 is 2.83 bits per heavy atom. The van der Waals surface area contributed by atoms with Gasteiger partial charge in [-0.1, -0.05) is 36.7 Å². The molecule has 0 aromatic carbocycles. The molecule has 0 radical (unpaired) electrons. The number of urea groups is 1. The summed E-state index contributed by atoms with van der Waals surface area (Å²) in [5.74, 6) is 0.719. The number of rotatable bonds is 7. The second kappa shape index (κ2) is 9.03. The largest absolute Gasteiger partial charge is 0.326 e. The summed E-state index contributed by atoms with van der Waals surface area (Å²) in [4.78, 5) is 38.7. The lowest BCUT2D eigenvalue weighted by molar-refractivity contribution is 0.0986. The number of pyridine rings is 1. The third-order valence-electron chi connectivity index (χ3n) is 5.93. The number of anilines is 1. The molecule has 1 saturated carbocycles. The van der Waals surface area contributed by atoms with Gasteiger partial charge in [0.25, 0.3) is 0 Å². The maximum absolute atomic E-state index is 12.9. The molecule has 3 heterocycles. The van der Waals surface area contributed by atoms with E-state index >= 15 is 0 Å². The standard InChI is InChI=1S/C22H28N4O2S/c1-16-20(19(27)10-9-17-8-5-11-23-14-17)29-21(24-16)26-13-12-25(22(26)28)15-18-6-3-2-4-7-18/h5,8,11,14,18H,2-4,6-7,9-10,12-13,15H2,1H3. The number of carbonyl (C=O) groups excluding carboxylic acids is 2. The van der Waals surface area contributed by atoms with Crippen LogP contribution < -0.4 is 4.90 Å². The van der Waals surface area contributed by atoms with Gasteiger partial charge in [-0.15, -0.1) is 0 Å². The predicted molar refractivity (Wildman–Crippen MR) is 115 cm³/mol. The zero-order chi connectivity index (χ0) is 20.2. The second-order valence-corrected chi connectivity index (χ2v) is 9.06. The quantitative estimate of drug-likeness (QED) is 0.629. The first-order valence-corrected chi connectivity index (χ1v) is 11.4. The highest BCUT2D eigenvalue weighted by Gasteiger charge is 2.33. The molecule has 4 rings (SSSR count). The van der Waals surface area contributed by atoms with E-state index in [1.807, 2.05) is 24.0 Å². The highest BCUT2D eigenvalue weighted by Crippen LogP contribution is 2.31. The van der Waals surface area contributed by atoms with Crippen molar-refractivity contribution in [3.63, 3.8) is 0 Å². The minimum absolute atomic E-state index is 0.0404. The van der Waals surface area contributed by atoms with E-state index in [2.05, 4.69) is 9.97 Å². The summed E-state index contributed by atoms with van der Waals surface area (Å²) in [7, 11) is 0. The van der Waals surface area contributed by atoms with Crippen LogP contribution in [0.15, 0.2) is 24.5 Å². The summed E-state index contributed by atoms with van der Waals surface area (Å²) >= 11 is 1.35. The normalized spacial score (nSPS) is 17.9. The van der Waals surface area contributed by atoms with Crippen LogP contribution in [0.25, 0.3) is 0 Å². The van der Waals surface area contributed by atoms with Crippen molar-refractivity contribution in [2.45, 2.75) is 51.9 Å². The third kappa shape index (κ3) is 4.66. The Hall–Kier alpha value is -2.28. The summed E-state index contributed by atoms with van der Waals surface area (Å²) in [6, 6.07) is 3.90. The Balaban J connectivity index is 1.38. The van der Waals surface area contributed by atoms with Crippen LogP contribution in [-0.2, 0) is 6.42 Å². The van der Waals surface area contributed by atoms with E-state index < -0.39 is 0 Å². The van der Waals surface area contributed by atoms with Gasteiger partial charge in [-0.05, 0) is 43.7 Å². The second-order valence-electron chi connectivity index (χ2n) is 8.08. The van der Waals surface area contributed by atoms with Crippen LogP contribution in [0.3, 0.4) is 0 Å². The van der Waals surface area contributed by atoms with E-state index in [9.17, 15) is 9.59 Å². The number of Topliss-reactive ketones (excluding diaryl/α,β-unsaturated/α-hetero) is 1. The smallest absolute Gasteiger partial charge is 0.322 e. The van der Waals surface area contributed by atoms with Gasteiger partial charge in [0.2, 0.25) is 0 Å². The topological polar surface area (TPSA) is 66.4 Å². The van der Waals surface area contributed by atoms with Gasteiger partial charge in [0, 0.05) is 38.4 Å². The molecule has 1 aliphatic heterocycles. The number of aryl methyl sites for hydroxylation is 2. The fraction of sp³-hybridized carbons (Fsp3) is 0.545. The molecule has 2 aromatic rings. The first-order valence-electron chi connectivity index (χ1n) is 10.6. The molecule has 0 bridgehead atoms. The van der Waals surface area contributed by atoms with Gasteiger partial charge in [0.1, 0.15) is 0 Å². The third-order valence-corrected chi connectivity index (χ3v) is 7.15. The van der Waals surface area contributed by atoms with Crippen LogP contribution in [-0.4, -0.2) is 46.3 Å². The lowest BCUT2D eigenvalue weighted by atomic mass is 9.89. The van der Waals surface area contributed by atoms with E-state index in [0.29, 0.717) is 35.3 Å². The van der Waals surface area contributed by atoms with Crippen molar-refractivity contribution in [2.75, 3.05) is 24.5 Å². The Kier molecular flexibility index (Phi) is 6.23. The molecule has 2 fully saturated rings. The molecule has 1 aliphatic carbocycles. The van der Waals surface area contributed by atoms with Crippen LogP contribution in [0.2, 0.25) is 0 Å². The first-order chi connectivity index (χ1) is 14.1. The molecule has 29 heavy (non-hydrogen) atoms. The number of aromatic nitrogens is 2. The van der Waals surface area contributed by atoms with Crippen LogP contribution in [0.4, 0.5) is 9.93 Å². The van der Waals surface area contributed by atoms with Gasteiger partial charge in [-0.25, -0.2) is 9.78 Å². The summed E-state index contributed by atoms with van der Waals surface area (Å²) in [5.41, 5.74) is 1.77. The summed E-state index contributed by atoms with van der Waals surface area (Å²) in [6.45, 7) is 4.12. The maximum atomic E-state index is 12.9. The zero-order valence-corrected chi connectivity index (χ0v) is 17.8.